The Kier molecular flexibility index (Phi) is 3.42. The first kappa shape index (κ1) is 13.7. The predicted octanol–water partition coefficient (Wildman–Crippen LogP) is 2.76. The van der Waals surface area contributed by atoms with Crippen LogP contribution in [0.3, 0.4) is 0 Å². The first-order chi connectivity index (χ1) is 10.0. The molecule has 0 saturated carbocycles. The van der Waals surface area contributed by atoms with Gasteiger partial charge in [0.2, 0.25) is 0 Å². The fourth-order valence-corrected chi connectivity index (χ4v) is 2.43. The number of rotatable bonds is 2. The molecule has 0 radical (unpaired) electrons. The van der Waals surface area contributed by atoms with E-state index in [2.05, 4.69) is 36.3 Å². The Morgan fingerprint density at radius 1 is 1.29 bits per heavy atom. The maximum Gasteiger partial charge on any atom is 0.257 e. The SMILES string of the molecule is Cc1nc2c(C)cc(NC(=O)c3cncc(Br)c3)cn2n1. The summed E-state index contributed by atoms with van der Waals surface area (Å²) in [5.74, 6) is 0.470. The van der Waals surface area contributed by atoms with Gasteiger partial charge in [-0.05, 0) is 47.5 Å². The summed E-state index contributed by atoms with van der Waals surface area (Å²) in [4.78, 5) is 20.5. The number of amides is 1. The Morgan fingerprint density at radius 3 is 2.86 bits per heavy atom. The number of nitrogens with zero attached hydrogens (tertiary/aromatic N) is 4. The van der Waals surface area contributed by atoms with E-state index >= 15 is 0 Å². The van der Waals surface area contributed by atoms with Crippen LogP contribution in [0.1, 0.15) is 21.7 Å². The van der Waals surface area contributed by atoms with Crippen molar-refractivity contribution in [2.75, 3.05) is 5.32 Å². The maximum absolute atomic E-state index is 12.2. The number of anilines is 1. The molecule has 0 atom stereocenters. The van der Waals surface area contributed by atoms with Crippen LogP contribution in [-0.2, 0) is 0 Å². The normalized spacial score (nSPS) is 10.8. The fraction of sp³-hybridized carbons (Fsp3) is 0.143. The van der Waals surface area contributed by atoms with Crippen molar-refractivity contribution in [2.24, 2.45) is 0 Å². The number of carbonyl (C=O) groups is 1. The molecule has 0 aliphatic rings. The van der Waals surface area contributed by atoms with Crippen molar-refractivity contribution in [3.8, 4) is 0 Å². The van der Waals surface area contributed by atoms with Crippen molar-refractivity contribution in [3.05, 3.63) is 52.1 Å². The Morgan fingerprint density at radius 2 is 2.10 bits per heavy atom. The van der Waals surface area contributed by atoms with Crippen LogP contribution in [0.2, 0.25) is 0 Å². The molecule has 6 nitrogen and oxygen atoms in total. The molecule has 106 valence electrons. The van der Waals surface area contributed by atoms with Gasteiger partial charge in [0.25, 0.3) is 5.91 Å². The minimum atomic E-state index is -0.223. The third kappa shape index (κ3) is 2.78. The molecule has 0 aliphatic carbocycles. The lowest BCUT2D eigenvalue weighted by Gasteiger charge is -2.07. The summed E-state index contributed by atoms with van der Waals surface area (Å²) in [6.07, 6.45) is 4.89. The minimum Gasteiger partial charge on any atom is -0.321 e. The van der Waals surface area contributed by atoms with Crippen molar-refractivity contribution >= 4 is 33.2 Å². The standard InChI is InChI=1S/C14H12BrN5O/c1-8-3-12(7-20-13(8)17-9(2)19-20)18-14(21)10-4-11(15)6-16-5-10/h3-7H,1-2H3,(H,18,21). The number of hydrogen-bond donors (Lipinski definition) is 1. The molecule has 0 saturated heterocycles. The second kappa shape index (κ2) is 5.25. The highest BCUT2D eigenvalue weighted by molar-refractivity contribution is 9.10. The Labute approximate surface area is 129 Å². The van der Waals surface area contributed by atoms with Crippen molar-refractivity contribution < 1.29 is 4.79 Å². The van der Waals surface area contributed by atoms with Crippen LogP contribution in [0.4, 0.5) is 5.69 Å². The zero-order chi connectivity index (χ0) is 15.0. The van der Waals surface area contributed by atoms with E-state index in [4.69, 9.17) is 0 Å². The Bertz CT molecular complexity index is 842. The summed E-state index contributed by atoms with van der Waals surface area (Å²) in [5, 5.41) is 7.10. The van der Waals surface area contributed by atoms with Gasteiger partial charge in [0, 0.05) is 16.9 Å². The molecule has 7 heteroatoms. The van der Waals surface area contributed by atoms with E-state index in [-0.39, 0.29) is 5.91 Å². The van der Waals surface area contributed by atoms with Gasteiger partial charge >= 0.3 is 0 Å². The number of halogens is 1. The van der Waals surface area contributed by atoms with Crippen LogP contribution >= 0.6 is 15.9 Å². The molecule has 0 fully saturated rings. The molecular weight excluding hydrogens is 334 g/mol. The third-order valence-electron chi connectivity index (χ3n) is 2.95. The topological polar surface area (TPSA) is 72.2 Å². The third-order valence-corrected chi connectivity index (χ3v) is 3.38. The quantitative estimate of drug-likeness (QED) is 0.775. The van der Waals surface area contributed by atoms with Crippen LogP contribution in [0.15, 0.2) is 35.2 Å². The molecular formula is C14H12BrN5O. The molecule has 1 N–H and O–H groups in total. The average molecular weight is 346 g/mol. The number of fused-ring (bicyclic) bond motifs is 1. The molecule has 0 aromatic carbocycles. The van der Waals surface area contributed by atoms with E-state index in [1.807, 2.05) is 19.9 Å². The summed E-state index contributed by atoms with van der Waals surface area (Å²) in [6, 6.07) is 3.58. The van der Waals surface area contributed by atoms with E-state index in [9.17, 15) is 4.79 Å². The van der Waals surface area contributed by atoms with Gasteiger partial charge < -0.3 is 5.32 Å². The molecule has 0 aliphatic heterocycles. The van der Waals surface area contributed by atoms with Crippen molar-refractivity contribution in [1.82, 2.24) is 19.6 Å². The molecule has 0 bridgehead atoms. The van der Waals surface area contributed by atoms with Gasteiger partial charge in [-0.1, -0.05) is 0 Å². The summed E-state index contributed by atoms with van der Waals surface area (Å²) in [6.45, 7) is 3.76. The highest BCUT2D eigenvalue weighted by Crippen LogP contribution is 2.17. The van der Waals surface area contributed by atoms with Gasteiger partial charge in [0.15, 0.2) is 5.65 Å². The van der Waals surface area contributed by atoms with E-state index in [0.29, 0.717) is 17.1 Å². The number of aryl methyl sites for hydroxylation is 2. The van der Waals surface area contributed by atoms with E-state index in [1.165, 1.54) is 6.20 Å². The predicted molar refractivity (Wildman–Crippen MR) is 82.4 cm³/mol. The number of aromatic nitrogens is 4. The molecule has 0 spiro atoms. The molecule has 21 heavy (non-hydrogen) atoms. The van der Waals surface area contributed by atoms with Gasteiger partial charge in [-0.3, -0.25) is 9.78 Å². The monoisotopic (exact) mass is 345 g/mol. The summed E-state index contributed by atoms with van der Waals surface area (Å²) >= 11 is 3.30. The molecule has 3 aromatic rings. The van der Waals surface area contributed by atoms with Crippen LogP contribution in [0.25, 0.3) is 5.65 Å². The van der Waals surface area contributed by atoms with Crippen molar-refractivity contribution in [3.63, 3.8) is 0 Å². The molecule has 0 unspecified atom stereocenters. The number of nitrogens with one attached hydrogen (secondary N) is 1. The highest BCUT2D eigenvalue weighted by Gasteiger charge is 2.10. The first-order valence-corrected chi connectivity index (χ1v) is 7.08. The largest absolute Gasteiger partial charge is 0.321 e. The Balaban J connectivity index is 1.92. The van der Waals surface area contributed by atoms with Crippen molar-refractivity contribution in [1.29, 1.82) is 0 Å². The van der Waals surface area contributed by atoms with E-state index < -0.39 is 0 Å². The molecule has 3 aromatic heterocycles. The maximum atomic E-state index is 12.2. The number of carbonyl (C=O) groups excluding carboxylic acids is 1. The van der Waals surface area contributed by atoms with Crippen LogP contribution in [0.5, 0.6) is 0 Å². The van der Waals surface area contributed by atoms with Gasteiger partial charge in [-0.15, -0.1) is 0 Å². The first-order valence-electron chi connectivity index (χ1n) is 6.28. The molecule has 3 rings (SSSR count). The van der Waals surface area contributed by atoms with E-state index in [1.54, 1.807) is 23.0 Å². The van der Waals surface area contributed by atoms with Crippen LogP contribution in [0, 0.1) is 13.8 Å². The van der Waals surface area contributed by atoms with Gasteiger partial charge in [0.05, 0.1) is 17.4 Å². The summed E-state index contributed by atoms with van der Waals surface area (Å²) < 4.78 is 2.42. The number of pyridine rings is 2. The smallest absolute Gasteiger partial charge is 0.257 e. The molecule has 3 heterocycles. The lowest BCUT2D eigenvalue weighted by Crippen LogP contribution is -2.13. The zero-order valence-corrected chi connectivity index (χ0v) is 13.0. The lowest BCUT2D eigenvalue weighted by atomic mass is 10.2. The summed E-state index contributed by atoms with van der Waals surface area (Å²) in [5.41, 5.74) is 2.88. The average Bonchev–Trinajstić information content (AvgIpc) is 2.80. The van der Waals surface area contributed by atoms with E-state index in [0.717, 1.165) is 15.7 Å². The van der Waals surface area contributed by atoms with Gasteiger partial charge in [-0.25, -0.2) is 9.50 Å². The molecule has 1 amide bonds. The van der Waals surface area contributed by atoms with Crippen LogP contribution in [-0.4, -0.2) is 25.5 Å². The van der Waals surface area contributed by atoms with Gasteiger partial charge in [-0.2, -0.15) is 5.10 Å². The summed E-state index contributed by atoms with van der Waals surface area (Å²) in [7, 11) is 0. The van der Waals surface area contributed by atoms with Crippen molar-refractivity contribution in [2.45, 2.75) is 13.8 Å². The minimum absolute atomic E-state index is 0.223. The highest BCUT2D eigenvalue weighted by atomic mass is 79.9. The zero-order valence-electron chi connectivity index (χ0n) is 11.5. The second-order valence-electron chi connectivity index (χ2n) is 4.68. The number of hydrogen-bond acceptors (Lipinski definition) is 4. The van der Waals surface area contributed by atoms with Crippen LogP contribution < -0.4 is 5.32 Å². The fourth-order valence-electron chi connectivity index (χ4n) is 2.06. The second-order valence-corrected chi connectivity index (χ2v) is 5.60. The lowest BCUT2D eigenvalue weighted by molar-refractivity contribution is 0.102. The van der Waals surface area contributed by atoms with Gasteiger partial charge in [0.1, 0.15) is 5.82 Å². The Hall–Kier alpha value is -2.28.